The summed E-state index contributed by atoms with van der Waals surface area (Å²) < 4.78 is 0. The van der Waals surface area contributed by atoms with Crippen molar-refractivity contribution in [2.45, 2.75) is 0 Å². The molecule has 134 valence electrons. The average Bonchev–Trinajstić information content (AvgIpc) is 2.81. The van der Waals surface area contributed by atoms with Gasteiger partial charge in [-0.05, 0) is 0 Å². The highest BCUT2D eigenvalue weighted by molar-refractivity contribution is 6.16. The summed E-state index contributed by atoms with van der Waals surface area (Å²) in [6, 6.07) is 8.95. The second-order valence-corrected chi connectivity index (χ2v) is 5.66. The second kappa shape index (κ2) is 6.41. The van der Waals surface area contributed by atoms with Gasteiger partial charge in [0.25, 0.3) is 0 Å². The zero-order valence-electron chi connectivity index (χ0n) is 14.5. The summed E-state index contributed by atoms with van der Waals surface area (Å²) in [5.41, 5.74) is -0.803. The minimum Gasteiger partial charge on any atom is -0.342 e. The molecule has 0 aliphatic carbocycles. The van der Waals surface area contributed by atoms with Gasteiger partial charge in [-0.25, -0.2) is 24.8 Å². The number of benzene rings is 1. The number of hydrogen-bond acceptors (Lipinski definition) is 12. The molecule has 0 amide bonds. The van der Waals surface area contributed by atoms with E-state index < -0.39 is 0 Å². The Labute approximate surface area is 167 Å². The van der Waals surface area contributed by atoms with E-state index in [0.29, 0.717) is 0 Å². The number of nitrogens with one attached hydrogen (secondary N) is 1. The molecule has 0 unspecified atom stereocenters. The Bertz CT molecular complexity index is 1590. The first kappa shape index (κ1) is 17.6. The van der Waals surface area contributed by atoms with Crippen LogP contribution in [0.2, 0.25) is 0 Å². The number of anilines is 2. The predicted molar refractivity (Wildman–Crippen MR) is 96.9 cm³/mol. The van der Waals surface area contributed by atoms with Crippen molar-refractivity contribution < 1.29 is 0 Å². The standard InChI is InChI=1S/C18H2N12/c19-1-8-6-30(7-24)18-16(25-8)14-13(26-9(2-20)10(3-21)27-14)15-17(18)29-12(5-23)11(4-22)28-15/h6,25H. The fourth-order valence-corrected chi connectivity index (χ4v) is 2.93. The highest BCUT2D eigenvalue weighted by Crippen LogP contribution is 2.42. The lowest BCUT2D eigenvalue weighted by Crippen LogP contribution is -2.20. The van der Waals surface area contributed by atoms with Gasteiger partial charge >= 0.3 is 0 Å². The average molecular weight is 386 g/mol. The fourth-order valence-electron chi connectivity index (χ4n) is 2.93. The van der Waals surface area contributed by atoms with E-state index in [-0.39, 0.29) is 61.9 Å². The highest BCUT2D eigenvalue weighted by atomic mass is 15.2. The van der Waals surface area contributed by atoms with Crippen LogP contribution in [0.1, 0.15) is 22.8 Å². The van der Waals surface area contributed by atoms with Crippen molar-refractivity contribution in [3.63, 3.8) is 0 Å². The van der Waals surface area contributed by atoms with Crippen LogP contribution in [-0.4, -0.2) is 19.9 Å². The molecule has 0 atom stereocenters. The zero-order valence-corrected chi connectivity index (χ0v) is 14.5. The molecule has 0 spiro atoms. The summed E-state index contributed by atoms with van der Waals surface area (Å²) in [6.45, 7) is 0. The third-order valence-electron chi connectivity index (χ3n) is 4.12. The van der Waals surface area contributed by atoms with Crippen LogP contribution in [0.3, 0.4) is 0 Å². The van der Waals surface area contributed by atoms with E-state index in [9.17, 15) is 31.6 Å². The first-order valence-corrected chi connectivity index (χ1v) is 7.87. The van der Waals surface area contributed by atoms with Crippen LogP contribution in [0.25, 0.3) is 22.1 Å². The van der Waals surface area contributed by atoms with Gasteiger partial charge in [-0.2, -0.15) is 31.6 Å². The molecule has 2 aromatic heterocycles. The SMILES string of the molecule is N#CC1=CN(C#N)c2c(c3nc(C#N)c(C#N)nc3c3nc(C#N)c(C#N)nc23)N1. The third-order valence-corrected chi connectivity index (χ3v) is 4.12. The molecule has 4 rings (SSSR count). The Kier molecular flexibility index (Phi) is 3.76. The molecule has 1 aliphatic heterocycles. The molecule has 0 radical (unpaired) electrons. The molecule has 30 heavy (non-hydrogen) atoms. The molecular formula is C18H2N12. The van der Waals surface area contributed by atoms with Crippen LogP contribution in [0.15, 0.2) is 11.9 Å². The van der Waals surface area contributed by atoms with Gasteiger partial charge in [-0.1, -0.05) is 0 Å². The van der Waals surface area contributed by atoms with Gasteiger partial charge in [-0.3, -0.25) is 0 Å². The Morgan fingerprint density at radius 2 is 1.10 bits per heavy atom. The number of fused-ring (bicyclic) bond motifs is 6. The van der Waals surface area contributed by atoms with Crippen LogP contribution in [-0.2, 0) is 0 Å². The van der Waals surface area contributed by atoms with Crippen molar-refractivity contribution in [3.8, 4) is 36.5 Å². The van der Waals surface area contributed by atoms with Crippen molar-refractivity contribution in [1.82, 2.24) is 19.9 Å². The molecule has 1 N–H and O–H groups in total. The van der Waals surface area contributed by atoms with E-state index in [2.05, 4.69) is 25.3 Å². The maximum atomic E-state index is 9.59. The Balaban J connectivity index is 2.32. The number of hydrogen-bond donors (Lipinski definition) is 1. The van der Waals surface area contributed by atoms with E-state index in [0.717, 1.165) is 4.90 Å². The maximum Gasteiger partial charge on any atom is 0.188 e. The van der Waals surface area contributed by atoms with Gasteiger partial charge in [0, 0.05) is 0 Å². The predicted octanol–water partition coefficient (Wildman–Crippen LogP) is 1.14. The molecule has 12 nitrogen and oxygen atoms in total. The summed E-state index contributed by atoms with van der Waals surface area (Å²) in [5, 5.41) is 58.9. The topological polar surface area (TPSA) is 210 Å². The monoisotopic (exact) mass is 386 g/mol. The summed E-state index contributed by atoms with van der Waals surface area (Å²) in [4.78, 5) is 17.7. The third kappa shape index (κ3) is 2.27. The molecule has 0 saturated heterocycles. The van der Waals surface area contributed by atoms with E-state index in [4.69, 9.17) is 0 Å². The lowest BCUT2D eigenvalue weighted by Gasteiger charge is -2.24. The largest absolute Gasteiger partial charge is 0.342 e. The Morgan fingerprint density at radius 3 is 1.57 bits per heavy atom. The molecule has 0 saturated carbocycles. The Morgan fingerprint density at radius 1 is 0.633 bits per heavy atom. The number of nitriles is 6. The van der Waals surface area contributed by atoms with Gasteiger partial charge < -0.3 is 5.32 Å². The van der Waals surface area contributed by atoms with Crippen LogP contribution in [0, 0.1) is 68.1 Å². The fraction of sp³-hybridized carbons (Fsp3) is 0. The summed E-state index contributed by atoms with van der Waals surface area (Å²) in [5.74, 6) is 0. The van der Waals surface area contributed by atoms with Gasteiger partial charge in [-0.15, -0.1) is 0 Å². The normalized spacial score (nSPS) is 11.5. The molecule has 0 bridgehead atoms. The highest BCUT2D eigenvalue weighted by Gasteiger charge is 2.29. The van der Waals surface area contributed by atoms with Crippen LogP contribution in [0.5, 0.6) is 0 Å². The minimum absolute atomic E-state index is 0.00326. The van der Waals surface area contributed by atoms with Crippen molar-refractivity contribution in [2.75, 3.05) is 10.2 Å². The van der Waals surface area contributed by atoms with Gasteiger partial charge in [0.2, 0.25) is 0 Å². The number of rotatable bonds is 0. The molecule has 1 aromatic carbocycles. The first-order chi connectivity index (χ1) is 14.6. The summed E-state index contributed by atoms with van der Waals surface area (Å²) >= 11 is 0. The van der Waals surface area contributed by atoms with E-state index in [1.807, 2.05) is 12.3 Å². The summed E-state index contributed by atoms with van der Waals surface area (Å²) in [6.07, 6.45) is 3.09. The lowest BCUT2D eigenvalue weighted by atomic mass is 10.1. The van der Waals surface area contributed by atoms with Crippen LogP contribution >= 0.6 is 0 Å². The van der Waals surface area contributed by atoms with Crippen molar-refractivity contribution in [1.29, 1.82) is 31.6 Å². The molecule has 1 aliphatic rings. The smallest absolute Gasteiger partial charge is 0.188 e. The molecular weight excluding hydrogens is 384 g/mol. The minimum atomic E-state index is -0.281. The van der Waals surface area contributed by atoms with E-state index >= 15 is 0 Å². The van der Waals surface area contributed by atoms with Gasteiger partial charge in [0.05, 0.1) is 11.9 Å². The number of allylic oxidation sites excluding steroid dienone is 1. The quantitative estimate of drug-likeness (QED) is 0.425. The van der Waals surface area contributed by atoms with E-state index in [1.54, 1.807) is 24.3 Å². The molecule has 3 aromatic rings. The van der Waals surface area contributed by atoms with Gasteiger partial charge in [0.15, 0.2) is 29.0 Å². The van der Waals surface area contributed by atoms with Crippen molar-refractivity contribution in [3.05, 3.63) is 34.7 Å². The number of nitrogens with zero attached hydrogens (tertiary/aromatic N) is 11. The Hall–Kier alpha value is -5.82. The first-order valence-electron chi connectivity index (χ1n) is 7.87. The maximum absolute atomic E-state index is 9.59. The molecule has 12 heteroatoms. The zero-order chi connectivity index (χ0) is 21.4. The van der Waals surface area contributed by atoms with Gasteiger partial charge in [0.1, 0.15) is 63.8 Å². The summed E-state index contributed by atoms with van der Waals surface area (Å²) in [7, 11) is 0. The molecule has 3 heterocycles. The second-order valence-electron chi connectivity index (χ2n) is 5.66. The van der Waals surface area contributed by atoms with Crippen LogP contribution in [0.4, 0.5) is 11.4 Å². The molecule has 0 fully saturated rings. The van der Waals surface area contributed by atoms with Crippen molar-refractivity contribution in [2.24, 2.45) is 0 Å². The lowest BCUT2D eigenvalue weighted by molar-refractivity contribution is 1.15. The van der Waals surface area contributed by atoms with Crippen LogP contribution < -0.4 is 10.2 Å². The number of aromatic nitrogens is 4. The van der Waals surface area contributed by atoms with Crippen molar-refractivity contribution >= 4 is 33.4 Å². The van der Waals surface area contributed by atoms with E-state index in [1.165, 1.54) is 6.20 Å².